The molecule has 1 aromatic heterocycles. The number of pyridine rings is 1. The van der Waals surface area contributed by atoms with Crippen molar-refractivity contribution in [3.63, 3.8) is 0 Å². The molecule has 2 aliphatic rings. The van der Waals surface area contributed by atoms with E-state index in [2.05, 4.69) is 4.98 Å². The van der Waals surface area contributed by atoms with Crippen LogP contribution in [0.15, 0.2) is 18.3 Å². The second-order valence-corrected chi connectivity index (χ2v) is 4.99. The van der Waals surface area contributed by atoms with E-state index in [1.54, 1.807) is 25.4 Å². The zero-order chi connectivity index (χ0) is 14.0. The molecule has 0 atom stereocenters. The van der Waals surface area contributed by atoms with Crippen molar-refractivity contribution < 1.29 is 19.0 Å². The van der Waals surface area contributed by atoms with Crippen LogP contribution in [0.4, 0.5) is 0 Å². The minimum Gasteiger partial charge on any atom is -0.481 e. The van der Waals surface area contributed by atoms with Crippen molar-refractivity contribution in [2.45, 2.75) is 18.6 Å². The smallest absolute Gasteiger partial charge is 0.255 e. The Hall–Kier alpha value is -1.66. The van der Waals surface area contributed by atoms with E-state index >= 15 is 0 Å². The van der Waals surface area contributed by atoms with E-state index in [0.717, 1.165) is 12.8 Å². The zero-order valence-electron chi connectivity index (χ0n) is 11.5. The summed E-state index contributed by atoms with van der Waals surface area (Å²) >= 11 is 0. The van der Waals surface area contributed by atoms with Gasteiger partial charge in [-0.3, -0.25) is 4.79 Å². The van der Waals surface area contributed by atoms with Gasteiger partial charge in [0, 0.05) is 38.2 Å². The van der Waals surface area contributed by atoms with Gasteiger partial charge in [0.2, 0.25) is 5.88 Å². The van der Waals surface area contributed by atoms with Crippen molar-refractivity contribution >= 4 is 5.91 Å². The van der Waals surface area contributed by atoms with Crippen LogP contribution in [0, 0.1) is 0 Å². The lowest BCUT2D eigenvalue weighted by Gasteiger charge is -2.37. The van der Waals surface area contributed by atoms with Gasteiger partial charge in [0.25, 0.3) is 5.91 Å². The molecule has 6 nitrogen and oxygen atoms in total. The van der Waals surface area contributed by atoms with Gasteiger partial charge in [-0.15, -0.1) is 0 Å². The molecule has 0 N–H and O–H groups in total. The zero-order valence-corrected chi connectivity index (χ0v) is 11.5. The Kier molecular flexibility index (Phi) is 3.58. The highest BCUT2D eigenvalue weighted by Gasteiger charge is 2.40. The molecule has 0 bridgehead atoms. The summed E-state index contributed by atoms with van der Waals surface area (Å²) in [7, 11) is 1.55. The summed E-state index contributed by atoms with van der Waals surface area (Å²) in [5.74, 6) is 0.0504. The SMILES string of the molecule is COc1ccc(C(=O)N2CCC3(CC2)OCCO3)cn1. The van der Waals surface area contributed by atoms with Crippen LogP contribution in [0.2, 0.25) is 0 Å². The van der Waals surface area contributed by atoms with E-state index in [9.17, 15) is 4.79 Å². The van der Waals surface area contributed by atoms with E-state index in [1.165, 1.54) is 0 Å². The molecule has 108 valence electrons. The first-order chi connectivity index (χ1) is 9.72. The van der Waals surface area contributed by atoms with Gasteiger partial charge in [0.05, 0.1) is 25.9 Å². The molecule has 0 saturated carbocycles. The number of carbonyl (C=O) groups excluding carboxylic acids is 1. The lowest BCUT2D eigenvalue weighted by molar-refractivity contribution is -0.181. The minimum atomic E-state index is -0.449. The minimum absolute atomic E-state index is 0.00648. The van der Waals surface area contributed by atoms with E-state index in [4.69, 9.17) is 14.2 Å². The van der Waals surface area contributed by atoms with E-state index in [-0.39, 0.29) is 5.91 Å². The molecule has 1 spiro atoms. The standard InChI is InChI=1S/C14H18N2O4/c1-18-12-3-2-11(10-15-12)13(17)16-6-4-14(5-7-16)19-8-9-20-14/h2-3,10H,4-9H2,1H3. The highest BCUT2D eigenvalue weighted by atomic mass is 16.7. The maximum absolute atomic E-state index is 12.4. The quantitative estimate of drug-likeness (QED) is 0.810. The number of rotatable bonds is 2. The van der Waals surface area contributed by atoms with Gasteiger partial charge in [-0.1, -0.05) is 0 Å². The molecule has 2 saturated heterocycles. The molecule has 0 unspecified atom stereocenters. The number of nitrogens with zero attached hydrogens (tertiary/aromatic N) is 2. The molecule has 20 heavy (non-hydrogen) atoms. The number of hydrogen-bond donors (Lipinski definition) is 0. The molecule has 2 fully saturated rings. The van der Waals surface area contributed by atoms with Crippen molar-refractivity contribution in [2.24, 2.45) is 0 Å². The van der Waals surface area contributed by atoms with Crippen molar-refractivity contribution in [3.8, 4) is 5.88 Å². The lowest BCUT2D eigenvalue weighted by atomic mass is 10.0. The average Bonchev–Trinajstić information content (AvgIpc) is 2.96. The number of aromatic nitrogens is 1. The predicted molar refractivity (Wildman–Crippen MR) is 70.6 cm³/mol. The summed E-state index contributed by atoms with van der Waals surface area (Å²) in [5.41, 5.74) is 0.579. The Morgan fingerprint density at radius 3 is 2.55 bits per heavy atom. The molecule has 1 aromatic rings. The van der Waals surface area contributed by atoms with Crippen LogP contribution in [0.1, 0.15) is 23.2 Å². The van der Waals surface area contributed by atoms with Crippen molar-refractivity contribution in [1.29, 1.82) is 0 Å². The van der Waals surface area contributed by atoms with Crippen LogP contribution in [0.25, 0.3) is 0 Å². The molecule has 3 heterocycles. The summed E-state index contributed by atoms with van der Waals surface area (Å²) in [5, 5.41) is 0. The van der Waals surface area contributed by atoms with Crippen LogP contribution in [-0.2, 0) is 9.47 Å². The number of carbonyl (C=O) groups is 1. The summed E-state index contributed by atoms with van der Waals surface area (Å²) in [6.07, 6.45) is 3.00. The van der Waals surface area contributed by atoms with Crippen molar-refractivity contribution in [3.05, 3.63) is 23.9 Å². The number of likely N-dealkylation sites (tertiary alicyclic amines) is 1. The van der Waals surface area contributed by atoms with Crippen LogP contribution < -0.4 is 4.74 Å². The van der Waals surface area contributed by atoms with Crippen LogP contribution in [-0.4, -0.2) is 55.0 Å². The Bertz CT molecular complexity index is 472. The van der Waals surface area contributed by atoms with Crippen LogP contribution in [0.3, 0.4) is 0 Å². The van der Waals surface area contributed by atoms with Crippen molar-refractivity contribution in [1.82, 2.24) is 9.88 Å². The summed E-state index contributed by atoms with van der Waals surface area (Å²) < 4.78 is 16.3. The first-order valence-corrected chi connectivity index (χ1v) is 6.80. The number of methoxy groups -OCH3 is 1. The van der Waals surface area contributed by atoms with Crippen LogP contribution in [0.5, 0.6) is 5.88 Å². The molecule has 6 heteroatoms. The number of piperidine rings is 1. The Morgan fingerprint density at radius 1 is 1.30 bits per heavy atom. The highest BCUT2D eigenvalue weighted by Crippen LogP contribution is 2.31. The van der Waals surface area contributed by atoms with E-state index in [1.807, 2.05) is 4.90 Å². The summed E-state index contributed by atoms with van der Waals surface area (Å²) in [6.45, 7) is 2.59. The van der Waals surface area contributed by atoms with Gasteiger partial charge < -0.3 is 19.1 Å². The summed E-state index contributed by atoms with van der Waals surface area (Å²) in [6, 6.07) is 3.43. The van der Waals surface area contributed by atoms with Gasteiger partial charge >= 0.3 is 0 Å². The van der Waals surface area contributed by atoms with Crippen LogP contribution >= 0.6 is 0 Å². The lowest BCUT2D eigenvalue weighted by Crippen LogP contribution is -2.47. The second kappa shape index (κ2) is 5.38. The Balaban J connectivity index is 1.63. The summed E-state index contributed by atoms with van der Waals surface area (Å²) in [4.78, 5) is 18.3. The third kappa shape index (κ3) is 2.48. The van der Waals surface area contributed by atoms with E-state index in [0.29, 0.717) is 37.7 Å². The maximum atomic E-state index is 12.4. The first kappa shape index (κ1) is 13.3. The fraction of sp³-hybridized carbons (Fsp3) is 0.571. The first-order valence-electron chi connectivity index (χ1n) is 6.80. The Morgan fingerprint density at radius 2 is 2.00 bits per heavy atom. The third-order valence-corrected chi connectivity index (χ3v) is 3.82. The van der Waals surface area contributed by atoms with Gasteiger partial charge in [0.15, 0.2) is 5.79 Å². The van der Waals surface area contributed by atoms with E-state index < -0.39 is 5.79 Å². The molecule has 0 radical (unpaired) electrons. The maximum Gasteiger partial charge on any atom is 0.255 e. The second-order valence-electron chi connectivity index (χ2n) is 4.99. The fourth-order valence-electron chi connectivity index (χ4n) is 2.65. The molecule has 1 amide bonds. The number of ether oxygens (including phenoxy) is 3. The Labute approximate surface area is 117 Å². The molecule has 0 aromatic carbocycles. The molecular formula is C14H18N2O4. The van der Waals surface area contributed by atoms with Gasteiger partial charge in [-0.05, 0) is 6.07 Å². The highest BCUT2D eigenvalue weighted by molar-refractivity contribution is 5.94. The normalized spacial score (nSPS) is 21.1. The largest absolute Gasteiger partial charge is 0.481 e. The van der Waals surface area contributed by atoms with Gasteiger partial charge in [0.1, 0.15) is 0 Å². The number of hydrogen-bond acceptors (Lipinski definition) is 5. The predicted octanol–water partition coefficient (Wildman–Crippen LogP) is 1.07. The monoisotopic (exact) mass is 278 g/mol. The topological polar surface area (TPSA) is 60.9 Å². The molecule has 3 rings (SSSR count). The average molecular weight is 278 g/mol. The van der Waals surface area contributed by atoms with Gasteiger partial charge in [-0.25, -0.2) is 4.98 Å². The molecule has 2 aliphatic heterocycles. The molecule has 0 aliphatic carbocycles. The van der Waals surface area contributed by atoms with Crippen molar-refractivity contribution in [2.75, 3.05) is 33.4 Å². The van der Waals surface area contributed by atoms with Gasteiger partial charge in [-0.2, -0.15) is 0 Å². The fourth-order valence-corrected chi connectivity index (χ4v) is 2.65. The third-order valence-electron chi connectivity index (χ3n) is 3.82. The number of amides is 1. The molecular weight excluding hydrogens is 260 g/mol.